The van der Waals surface area contributed by atoms with Crippen molar-refractivity contribution in [1.29, 1.82) is 0 Å². The average Bonchev–Trinajstić information content (AvgIpc) is 2.74. The first-order chi connectivity index (χ1) is 13.7. The van der Waals surface area contributed by atoms with Gasteiger partial charge in [0.25, 0.3) is 0 Å². The van der Waals surface area contributed by atoms with Crippen LogP contribution in [0.4, 0.5) is 0 Å². The number of amides is 1. The Labute approximate surface area is 189 Å². The molecule has 0 saturated carbocycles. The molecule has 2 aromatic rings. The van der Waals surface area contributed by atoms with Crippen molar-refractivity contribution in [3.05, 3.63) is 71.3 Å². The van der Waals surface area contributed by atoms with Crippen molar-refractivity contribution in [2.24, 2.45) is 4.99 Å². The van der Waals surface area contributed by atoms with Crippen molar-refractivity contribution < 1.29 is 9.53 Å². The van der Waals surface area contributed by atoms with Crippen LogP contribution in [0.1, 0.15) is 22.8 Å². The van der Waals surface area contributed by atoms with E-state index in [1.807, 2.05) is 42.5 Å². The zero-order valence-electron chi connectivity index (χ0n) is 16.9. The number of carbonyl (C=O) groups excluding carboxylic acids is 1. The van der Waals surface area contributed by atoms with Crippen LogP contribution in [0, 0.1) is 6.92 Å². The molecule has 2 aromatic carbocycles. The number of carbonyl (C=O) groups is 1. The van der Waals surface area contributed by atoms with Gasteiger partial charge >= 0.3 is 0 Å². The number of rotatable bonds is 5. The highest BCUT2D eigenvalue weighted by Crippen LogP contribution is 2.24. The number of aliphatic imine (C=N–C) groups is 1. The first-order valence-corrected chi connectivity index (χ1v) is 9.60. The second-order valence-corrected chi connectivity index (χ2v) is 6.83. The van der Waals surface area contributed by atoms with Crippen molar-refractivity contribution in [1.82, 2.24) is 15.5 Å². The molecular formula is C22H29IN4O2. The second kappa shape index (κ2) is 11.8. The number of aryl methyl sites for hydroxylation is 1. The van der Waals surface area contributed by atoms with Crippen LogP contribution >= 0.6 is 24.0 Å². The van der Waals surface area contributed by atoms with Gasteiger partial charge < -0.3 is 20.3 Å². The molecule has 0 aromatic heterocycles. The zero-order valence-corrected chi connectivity index (χ0v) is 19.3. The monoisotopic (exact) mass is 508 g/mol. The highest BCUT2D eigenvalue weighted by molar-refractivity contribution is 14.0. The molecule has 1 fully saturated rings. The summed E-state index contributed by atoms with van der Waals surface area (Å²) in [6, 6.07) is 18.2. The van der Waals surface area contributed by atoms with E-state index in [-0.39, 0.29) is 42.5 Å². The number of halogens is 1. The lowest BCUT2D eigenvalue weighted by atomic mass is 10.0. The summed E-state index contributed by atoms with van der Waals surface area (Å²) in [5.74, 6) is 0.658. The van der Waals surface area contributed by atoms with E-state index < -0.39 is 0 Å². The third-order valence-electron chi connectivity index (χ3n) is 4.85. The summed E-state index contributed by atoms with van der Waals surface area (Å²) in [6.45, 7) is 4.88. The van der Waals surface area contributed by atoms with E-state index in [1.54, 1.807) is 7.05 Å². The van der Waals surface area contributed by atoms with Gasteiger partial charge in [0.1, 0.15) is 6.10 Å². The van der Waals surface area contributed by atoms with Gasteiger partial charge in [-0.3, -0.25) is 9.79 Å². The van der Waals surface area contributed by atoms with Crippen molar-refractivity contribution in [2.75, 3.05) is 33.3 Å². The van der Waals surface area contributed by atoms with Crippen LogP contribution in [0.3, 0.4) is 0 Å². The zero-order chi connectivity index (χ0) is 19.8. The molecule has 1 unspecified atom stereocenters. The van der Waals surface area contributed by atoms with Crippen molar-refractivity contribution >= 4 is 35.8 Å². The summed E-state index contributed by atoms with van der Waals surface area (Å²) >= 11 is 0. The Hall–Kier alpha value is -2.13. The number of hydrogen-bond donors (Lipinski definition) is 2. The van der Waals surface area contributed by atoms with Crippen molar-refractivity contribution in [2.45, 2.75) is 19.6 Å². The van der Waals surface area contributed by atoms with E-state index >= 15 is 0 Å². The van der Waals surface area contributed by atoms with Crippen LogP contribution in [-0.4, -0.2) is 50.1 Å². The predicted molar refractivity (Wildman–Crippen MR) is 127 cm³/mol. The molecule has 1 saturated heterocycles. The molecule has 0 bridgehead atoms. The number of guanidine groups is 1. The van der Waals surface area contributed by atoms with E-state index in [9.17, 15) is 4.79 Å². The fourth-order valence-corrected chi connectivity index (χ4v) is 3.33. The molecule has 3 rings (SSSR count). The van der Waals surface area contributed by atoms with Crippen LogP contribution in [0.15, 0.2) is 59.6 Å². The average molecular weight is 508 g/mol. The van der Waals surface area contributed by atoms with Gasteiger partial charge in [-0.05, 0) is 23.6 Å². The molecule has 0 aliphatic carbocycles. The Bertz CT molecular complexity index is 813. The number of nitrogens with one attached hydrogen (secondary N) is 2. The molecule has 1 amide bonds. The lowest BCUT2D eigenvalue weighted by Gasteiger charge is -2.35. The normalized spacial score (nSPS) is 16.7. The van der Waals surface area contributed by atoms with E-state index in [1.165, 1.54) is 11.1 Å². The Kier molecular flexibility index (Phi) is 9.40. The van der Waals surface area contributed by atoms with E-state index in [0.29, 0.717) is 19.7 Å². The maximum absolute atomic E-state index is 12.2. The molecule has 1 heterocycles. The van der Waals surface area contributed by atoms with Crippen LogP contribution in [0.2, 0.25) is 0 Å². The highest BCUT2D eigenvalue weighted by Gasteiger charge is 2.25. The topological polar surface area (TPSA) is 66.0 Å². The van der Waals surface area contributed by atoms with Gasteiger partial charge in [0.05, 0.1) is 19.7 Å². The summed E-state index contributed by atoms with van der Waals surface area (Å²) in [7, 11) is 1.74. The number of ether oxygens (including phenoxy) is 1. The van der Waals surface area contributed by atoms with Gasteiger partial charge in [-0.1, -0.05) is 54.6 Å². The first kappa shape index (κ1) is 23.2. The molecule has 7 heteroatoms. The minimum atomic E-state index is -0.0614. The van der Waals surface area contributed by atoms with Gasteiger partial charge in [-0.25, -0.2) is 0 Å². The number of nitrogens with zero attached hydrogens (tertiary/aromatic N) is 2. The standard InChI is InChI=1S/C22H28N4O2.HI/c1-17-8-6-7-11-19(17)20-16-26(12-13-28-20)22(23-2)25-15-21(27)24-14-18-9-4-3-5-10-18;/h3-11,20H,12-16H2,1-2H3,(H,23,25)(H,24,27);1H. The van der Waals surface area contributed by atoms with Crippen LogP contribution in [0.5, 0.6) is 0 Å². The molecule has 156 valence electrons. The van der Waals surface area contributed by atoms with E-state index in [4.69, 9.17) is 4.74 Å². The Morgan fingerprint density at radius 1 is 1.14 bits per heavy atom. The van der Waals surface area contributed by atoms with Crippen molar-refractivity contribution in [3.8, 4) is 0 Å². The number of benzene rings is 2. The maximum atomic E-state index is 12.2. The fourth-order valence-electron chi connectivity index (χ4n) is 3.33. The summed E-state index contributed by atoms with van der Waals surface area (Å²) in [4.78, 5) is 18.7. The largest absolute Gasteiger partial charge is 0.370 e. The SMILES string of the molecule is CN=C(NCC(=O)NCc1ccccc1)N1CCOC(c2ccccc2C)C1.I. The van der Waals surface area contributed by atoms with Crippen LogP contribution < -0.4 is 10.6 Å². The third kappa shape index (κ3) is 6.71. The third-order valence-corrected chi connectivity index (χ3v) is 4.85. The van der Waals surface area contributed by atoms with Gasteiger partial charge in [0.15, 0.2) is 5.96 Å². The first-order valence-electron chi connectivity index (χ1n) is 9.60. The summed E-state index contributed by atoms with van der Waals surface area (Å²) in [6.07, 6.45) is 0.000377. The molecule has 0 radical (unpaired) electrons. The molecular weight excluding hydrogens is 479 g/mol. The lowest BCUT2D eigenvalue weighted by Crippen LogP contribution is -2.50. The number of morpholine rings is 1. The van der Waals surface area contributed by atoms with Crippen molar-refractivity contribution in [3.63, 3.8) is 0 Å². The van der Waals surface area contributed by atoms with Crippen LogP contribution in [-0.2, 0) is 16.1 Å². The smallest absolute Gasteiger partial charge is 0.239 e. The lowest BCUT2D eigenvalue weighted by molar-refractivity contribution is -0.120. The molecule has 1 aliphatic rings. The van der Waals surface area contributed by atoms with Gasteiger partial charge in [0, 0.05) is 20.1 Å². The maximum Gasteiger partial charge on any atom is 0.239 e. The minimum absolute atomic E-state index is 0. The van der Waals surface area contributed by atoms with Gasteiger partial charge in [-0.2, -0.15) is 0 Å². The van der Waals surface area contributed by atoms with Gasteiger partial charge in [0.2, 0.25) is 5.91 Å². The Morgan fingerprint density at radius 3 is 2.59 bits per heavy atom. The molecule has 1 aliphatic heterocycles. The molecule has 6 nitrogen and oxygen atoms in total. The highest BCUT2D eigenvalue weighted by atomic mass is 127. The molecule has 0 spiro atoms. The number of hydrogen-bond acceptors (Lipinski definition) is 3. The predicted octanol–water partition coefficient (Wildman–Crippen LogP) is 2.88. The second-order valence-electron chi connectivity index (χ2n) is 6.83. The summed E-state index contributed by atoms with van der Waals surface area (Å²) < 4.78 is 5.98. The molecule has 2 N–H and O–H groups in total. The molecule has 29 heavy (non-hydrogen) atoms. The Balaban J connectivity index is 0.00000300. The molecule has 1 atom stereocenters. The Morgan fingerprint density at radius 2 is 1.86 bits per heavy atom. The minimum Gasteiger partial charge on any atom is -0.370 e. The van der Waals surface area contributed by atoms with Gasteiger partial charge in [-0.15, -0.1) is 24.0 Å². The summed E-state index contributed by atoms with van der Waals surface area (Å²) in [5, 5.41) is 6.09. The quantitative estimate of drug-likeness (QED) is 0.371. The fraction of sp³-hybridized carbons (Fsp3) is 0.364. The summed E-state index contributed by atoms with van der Waals surface area (Å²) in [5.41, 5.74) is 3.50. The van der Waals surface area contributed by atoms with E-state index in [0.717, 1.165) is 18.1 Å². The van der Waals surface area contributed by atoms with Crippen LogP contribution in [0.25, 0.3) is 0 Å². The van der Waals surface area contributed by atoms with E-state index in [2.05, 4.69) is 39.6 Å².